The summed E-state index contributed by atoms with van der Waals surface area (Å²) in [5.74, 6) is -0.387. The van der Waals surface area contributed by atoms with Crippen LogP contribution in [0.25, 0.3) is 0 Å². The fourth-order valence-corrected chi connectivity index (χ4v) is 2.22. The van der Waals surface area contributed by atoms with Gasteiger partial charge in [-0.2, -0.15) is 13.2 Å². The van der Waals surface area contributed by atoms with Gasteiger partial charge in [-0.05, 0) is 25.3 Å². The average Bonchev–Trinajstić information content (AvgIpc) is 2.73. The first kappa shape index (κ1) is 14.6. The van der Waals surface area contributed by atoms with Gasteiger partial charge in [0.15, 0.2) is 0 Å². The van der Waals surface area contributed by atoms with Gasteiger partial charge in [0.25, 0.3) is 5.69 Å². The minimum absolute atomic E-state index is 0.0765. The van der Waals surface area contributed by atoms with Gasteiger partial charge in [0.1, 0.15) is 17.4 Å². The van der Waals surface area contributed by atoms with Gasteiger partial charge in [-0.3, -0.25) is 10.1 Å². The molecule has 20 heavy (non-hydrogen) atoms. The van der Waals surface area contributed by atoms with Gasteiger partial charge < -0.3 is 10.5 Å². The number of non-ortho nitro benzene ring substituents is 1. The Hall–Kier alpha value is -1.83. The first-order chi connectivity index (χ1) is 9.27. The molecule has 0 spiro atoms. The summed E-state index contributed by atoms with van der Waals surface area (Å²) in [5, 5.41) is 10.6. The van der Waals surface area contributed by atoms with E-state index >= 15 is 0 Å². The highest BCUT2D eigenvalue weighted by Crippen LogP contribution is 2.39. The molecule has 0 radical (unpaired) electrons. The van der Waals surface area contributed by atoms with E-state index in [0.29, 0.717) is 25.3 Å². The zero-order chi connectivity index (χ0) is 14.9. The van der Waals surface area contributed by atoms with Crippen molar-refractivity contribution in [1.82, 2.24) is 0 Å². The Morgan fingerprint density at radius 3 is 2.55 bits per heavy atom. The zero-order valence-electron chi connectivity index (χ0n) is 10.4. The van der Waals surface area contributed by atoms with Crippen LogP contribution < -0.4 is 10.5 Å². The number of ether oxygens (including phenoxy) is 1. The maximum atomic E-state index is 12.9. The van der Waals surface area contributed by atoms with Gasteiger partial charge in [-0.15, -0.1) is 0 Å². The Kier molecular flexibility index (Phi) is 3.85. The van der Waals surface area contributed by atoms with Crippen molar-refractivity contribution in [1.29, 1.82) is 0 Å². The normalized spacial score (nSPS) is 22.8. The predicted molar refractivity (Wildman–Crippen MR) is 64.3 cm³/mol. The van der Waals surface area contributed by atoms with E-state index in [9.17, 15) is 23.3 Å². The molecule has 1 aromatic carbocycles. The first-order valence-corrected chi connectivity index (χ1v) is 6.05. The number of benzene rings is 1. The van der Waals surface area contributed by atoms with Crippen LogP contribution in [0.3, 0.4) is 0 Å². The summed E-state index contributed by atoms with van der Waals surface area (Å²) in [5.41, 5.74) is 3.92. The van der Waals surface area contributed by atoms with Crippen molar-refractivity contribution >= 4 is 5.69 Å². The summed E-state index contributed by atoms with van der Waals surface area (Å²) in [6.07, 6.45) is -3.34. The van der Waals surface area contributed by atoms with Crippen molar-refractivity contribution in [3.63, 3.8) is 0 Å². The van der Waals surface area contributed by atoms with Crippen LogP contribution in [0, 0.1) is 10.1 Å². The van der Waals surface area contributed by atoms with E-state index < -0.39 is 22.4 Å². The molecule has 1 aromatic rings. The molecular weight excluding hydrogens is 277 g/mol. The second-order valence-corrected chi connectivity index (χ2v) is 4.75. The molecule has 0 aliphatic heterocycles. The highest BCUT2D eigenvalue weighted by Gasteiger charge is 2.37. The number of nitrogens with zero attached hydrogens (tertiary/aromatic N) is 1. The van der Waals surface area contributed by atoms with Crippen LogP contribution in [0.4, 0.5) is 18.9 Å². The van der Waals surface area contributed by atoms with Gasteiger partial charge in [0.05, 0.1) is 4.92 Å². The molecule has 2 atom stereocenters. The number of rotatable bonds is 3. The van der Waals surface area contributed by atoms with E-state index in [2.05, 4.69) is 0 Å². The number of alkyl halides is 3. The summed E-state index contributed by atoms with van der Waals surface area (Å²) in [4.78, 5) is 9.69. The molecule has 1 fully saturated rings. The van der Waals surface area contributed by atoms with Crippen LogP contribution >= 0.6 is 0 Å². The number of nitrogens with two attached hydrogens (primary N) is 1. The molecule has 8 heteroatoms. The van der Waals surface area contributed by atoms with Crippen molar-refractivity contribution in [3.05, 3.63) is 33.9 Å². The largest absolute Gasteiger partial charge is 0.490 e. The SMILES string of the molecule is NC1CCC(Oc2ccc([N+](=O)[O-])cc2C(F)(F)F)C1. The van der Waals surface area contributed by atoms with E-state index in [1.54, 1.807) is 0 Å². The second-order valence-electron chi connectivity index (χ2n) is 4.75. The third-order valence-corrected chi connectivity index (χ3v) is 3.20. The molecule has 0 amide bonds. The lowest BCUT2D eigenvalue weighted by Crippen LogP contribution is -2.20. The van der Waals surface area contributed by atoms with Gasteiger partial charge >= 0.3 is 6.18 Å². The highest BCUT2D eigenvalue weighted by atomic mass is 19.4. The second kappa shape index (κ2) is 5.28. The predicted octanol–water partition coefficient (Wildman–Crippen LogP) is 2.87. The average molecular weight is 290 g/mol. The van der Waals surface area contributed by atoms with Crippen LogP contribution in [0.2, 0.25) is 0 Å². The summed E-state index contributed by atoms with van der Waals surface area (Å²) in [7, 11) is 0. The summed E-state index contributed by atoms with van der Waals surface area (Å²) in [6.45, 7) is 0. The van der Waals surface area contributed by atoms with Gasteiger partial charge in [-0.25, -0.2) is 0 Å². The molecule has 2 rings (SSSR count). The Balaban J connectivity index is 2.29. The topological polar surface area (TPSA) is 78.4 Å². The quantitative estimate of drug-likeness (QED) is 0.685. The Labute approximate surface area is 112 Å². The van der Waals surface area contributed by atoms with E-state index in [4.69, 9.17) is 10.5 Å². The highest BCUT2D eigenvalue weighted by molar-refractivity contribution is 5.45. The lowest BCUT2D eigenvalue weighted by Gasteiger charge is -2.18. The number of halogens is 3. The van der Waals surface area contributed by atoms with Crippen molar-refractivity contribution in [2.45, 2.75) is 37.6 Å². The standard InChI is InChI=1S/C12H13F3N2O3/c13-12(14,15)10-6-8(17(18)19)2-4-11(10)20-9-3-1-7(16)5-9/h2,4,6-7,9H,1,3,5,16H2. The maximum absolute atomic E-state index is 12.9. The fourth-order valence-electron chi connectivity index (χ4n) is 2.22. The fraction of sp³-hybridized carbons (Fsp3) is 0.500. The Morgan fingerprint density at radius 2 is 2.05 bits per heavy atom. The zero-order valence-corrected chi connectivity index (χ0v) is 10.4. The lowest BCUT2D eigenvalue weighted by molar-refractivity contribution is -0.385. The van der Waals surface area contributed by atoms with Crippen LogP contribution in [0.1, 0.15) is 24.8 Å². The molecule has 1 aliphatic carbocycles. The lowest BCUT2D eigenvalue weighted by atomic mass is 10.1. The van der Waals surface area contributed by atoms with Crippen molar-refractivity contribution in [2.75, 3.05) is 0 Å². The number of nitro groups is 1. The molecule has 0 bridgehead atoms. The van der Waals surface area contributed by atoms with E-state index in [1.807, 2.05) is 0 Å². The van der Waals surface area contributed by atoms with E-state index in [0.717, 1.165) is 12.1 Å². The number of hydrogen-bond donors (Lipinski definition) is 1. The molecule has 0 heterocycles. The number of nitro benzene ring substituents is 1. The van der Waals surface area contributed by atoms with Crippen LogP contribution in [0.5, 0.6) is 5.75 Å². The monoisotopic (exact) mass is 290 g/mol. The molecule has 1 saturated carbocycles. The van der Waals surface area contributed by atoms with Crippen molar-refractivity contribution in [3.8, 4) is 5.75 Å². The first-order valence-electron chi connectivity index (χ1n) is 6.05. The third-order valence-electron chi connectivity index (χ3n) is 3.20. The molecule has 2 N–H and O–H groups in total. The molecule has 2 unspecified atom stereocenters. The molecule has 0 aromatic heterocycles. The van der Waals surface area contributed by atoms with E-state index in [-0.39, 0.29) is 17.9 Å². The van der Waals surface area contributed by atoms with Crippen LogP contribution in [-0.2, 0) is 6.18 Å². The minimum Gasteiger partial charge on any atom is -0.490 e. The van der Waals surface area contributed by atoms with Crippen molar-refractivity contribution < 1.29 is 22.8 Å². The van der Waals surface area contributed by atoms with Gasteiger partial charge in [-0.1, -0.05) is 0 Å². The number of hydrogen-bond acceptors (Lipinski definition) is 4. The van der Waals surface area contributed by atoms with Gasteiger partial charge in [0.2, 0.25) is 0 Å². The summed E-state index contributed by atoms with van der Waals surface area (Å²) < 4.78 is 44.1. The Bertz CT molecular complexity index is 519. The van der Waals surface area contributed by atoms with Gasteiger partial charge in [0, 0.05) is 18.2 Å². The Morgan fingerprint density at radius 1 is 1.35 bits per heavy atom. The smallest absolute Gasteiger partial charge is 0.420 e. The maximum Gasteiger partial charge on any atom is 0.420 e. The third kappa shape index (κ3) is 3.19. The van der Waals surface area contributed by atoms with Crippen LogP contribution in [0.15, 0.2) is 18.2 Å². The summed E-state index contributed by atoms with van der Waals surface area (Å²) >= 11 is 0. The molecule has 0 saturated heterocycles. The molecule has 1 aliphatic rings. The minimum atomic E-state index is -4.71. The summed E-state index contributed by atoms with van der Waals surface area (Å²) in [6, 6.07) is 2.40. The molecule has 110 valence electrons. The molecule has 5 nitrogen and oxygen atoms in total. The van der Waals surface area contributed by atoms with Crippen molar-refractivity contribution in [2.24, 2.45) is 5.73 Å². The van der Waals surface area contributed by atoms with Crippen LogP contribution in [-0.4, -0.2) is 17.1 Å². The van der Waals surface area contributed by atoms with E-state index in [1.165, 1.54) is 0 Å². The molecular formula is C12H13F3N2O3.